The van der Waals surface area contributed by atoms with Crippen LogP contribution in [-0.2, 0) is 22.3 Å². The smallest absolute Gasteiger partial charge is 0.127 e. The highest BCUT2D eigenvalue weighted by Crippen LogP contribution is 2.47. The Balaban J connectivity index is 1.23. The minimum absolute atomic E-state index is 0.356. The number of nitrogens with one attached hydrogen (secondary N) is 2. The van der Waals surface area contributed by atoms with Crippen LogP contribution in [0.2, 0.25) is 0 Å². The number of hydrogen-bond acceptors (Lipinski definition) is 8. The molecule has 0 saturated carbocycles. The Hall–Kier alpha value is -7.14. The van der Waals surface area contributed by atoms with Crippen LogP contribution in [0, 0.1) is 13.8 Å². The summed E-state index contributed by atoms with van der Waals surface area (Å²) in [4.78, 5) is 20.3. The number of para-hydroxylation sites is 1. The molecule has 0 amide bonds. The monoisotopic (exact) mass is 1190 g/mol. The van der Waals surface area contributed by atoms with Crippen LogP contribution >= 0.6 is 0 Å². The Morgan fingerprint density at radius 3 is 1.28 bits per heavy atom. The third kappa shape index (κ3) is 15.1. The Kier molecular flexibility index (Phi) is 23.1. The second-order valence-corrected chi connectivity index (χ2v) is 24.5. The van der Waals surface area contributed by atoms with Crippen molar-refractivity contribution in [1.82, 2.24) is 19.9 Å². The molecule has 5 aliphatic heterocycles. The van der Waals surface area contributed by atoms with E-state index in [1.807, 2.05) is 24.3 Å². The third-order valence-electron chi connectivity index (χ3n) is 18.3. The second-order valence-electron chi connectivity index (χ2n) is 24.5. The van der Waals surface area contributed by atoms with Gasteiger partial charge in [-0.3, -0.25) is 0 Å². The number of benzene rings is 4. The fraction of sp³-hybridized carbons (Fsp3) is 0.462. The summed E-state index contributed by atoms with van der Waals surface area (Å²) in [7, 11) is 0. The quantitative estimate of drug-likeness (QED) is 0.0726. The van der Waals surface area contributed by atoms with E-state index >= 15 is 0 Å². The van der Waals surface area contributed by atoms with Gasteiger partial charge >= 0.3 is 0 Å². The SMILES string of the molecule is CCCCCCC1=C(C)c2nc1cc1[nH]c(c(C)c1CCCCCC)c1c3[nH]c(cc4nc(c2-c2ccccc2OCCOCCOc2cccc5c(cccc25)OCCOCCOc2ccc-1cc2)C(C)=C4CCCCCC)c(CCCCCC)c3C. The largest absolute Gasteiger partial charge is 0.491 e. The number of aryl methyl sites for hydroxylation is 4. The van der Waals surface area contributed by atoms with Gasteiger partial charge in [0.05, 0.1) is 60.2 Å². The predicted molar refractivity (Wildman–Crippen MR) is 367 cm³/mol. The highest BCUT2D eigenvalue weighted by atomic mass is 16.6. The molecule has 466 valence electrons. The molecule has 10 nitrogen and oxygen atoms in total. The maximum absolute atomic E-state index is 6.90. The van der Waals surface area contributed by atoms with Gasteiger partial charge in [0.1, 0.15) is 49.4 Å². The van der Waals surface area contributed by atoms with Gasteiger partial charge in [-0.15, -0.1) is 0 Å². The molecule has 7 aromatic rings. The standard InChI is InChI=1S/C78H98N4O6/c1-9-13-17-21-29-59-53(5)75-73-57-39-41-58(42-40-57)85-47-43-83-44-48-86-70-37-27-35-64-63(70)34-28-38-71(64)87-49-45-84-46-50-88-72-36-26-25-33-65(72)74(77-55(7)61(31-23-19-15-11-3)68(81-77)51-66(59)79-75)78-56(8)62(32-24-20-16-12-4)69(82-78)52-67-60(30-22-18-14-10-2)54(6)76(73)80-67/h25-28,33-42,51-52,79-80H,9-24,29-32,43-50H2,1-8H3. The van der Waals surface area contributed by atoms with Crippen molar-refractivity contribution in [2.75, 3.05) is 52.9 Å². The molecule has 12 rings (SSSR count). The van der Waals surface area contributed by atoms with Crippen molar-refractivity contribution in [1.29, 1.82) is 0 Å². The number of allylic oxidation sites excluding steroid dienone is 4. The maximum Gasteiger partial charge on any atom is 0.127 e. The Morgan fingerprint density at radius 1 is 0.398 bits per heavy atom. The van der Waals surface area contributed by atoms with E-state index in [1.165, 1.54) is 122 Å². The second kappa shape index (κ2) is 31.9. The average Bonchev–Trinajstić information content (AvgIpc) is 1.78. The molecule has 10 heteroatoms. The highest BCUT2D eigenvalue weighted by molar-refractivity contribution is 6.04. The molecule has 0 unspecified atom stereocenters. The van der Waals surface area contributed by atoms with Crippen molar-refractivity contribution in [2.45, 2.75) is 184 Å². The van der Waals surface area contributed by atoms with Crippen molar-refractivity contribution >= 4 is 55.1 Å². The lowest BCUT2D eigenvalue weighted by Crippen LogP contribution is -2.13. The zero-order chi connectivity index (χ0) is 61.2. The normalized spacial score (nSPS) is 14.4. The van der Waals surface area contributed by atoms with Crippen LogP contribution in [0.3, 0.4) is 0 Å². The summed E-state index contributed by atoms with van der Waals surface area (Å²) in [5.74, 6) is 3.15. The number of ether oxygens (including phenoxy) is 6. The summed E-state index contributed by atoms with van der Waals surface area (Å²) in [5.41, 5.74) is 23.1. The molecular formula is C78H98N4O6. The summed E-state index contributed by atoms with van der Waals surface area (Å²) >= 11 is 0. The van der Waals surface area contributed by atoms with Crippen LogP contribution in [0.15, 0.2) is 97.1 Å². The molecule has 88 heavy (non-hydrogen) atoms. The minimum atomic E-state index is 0.356. The molecule has 5 aliphatic rings. The highest BCUT2D eigenvalue weighted by Gasteiger charge is 2.29. The van der Waals surface area contributed by atoms with Crippen LogP contribution < -0.4 is 18.9 Å². The Morgan fingerprint density at radius 2 is 0.818 bits per heavy atom. The maximum atomic E-state index is 6.90. The summed E-state index contributed by atoms with van der Waals surface area (Å²) in [5, 5.41) is 1.97. The van der Waals surface area contributed by atoms with E-state index in [4.69, 9.17) is 38.4 Å². The van der Waals surface area contributed by atoms with Crippen molar-refractivity contribution in [3.8, 4) is 45.3 Å². The number of hydrogen-bond donors (Lipinski definition) is 2. The molecule has 16 bridgehead atoms. The van der Waals surface area contributed by atoms with E-state index in [2.05, 4.69) is 138 Å². The van der Waals surface area contributed by atoms with Gasteiger partial charge in [0.15, 0.2) is 0 Å². The molecule has 0 fully saturated rings. The molecule has 0 aliphatic carbocycles. The van der Waals surface area contributed by atoms with E-state index in [-0.39, 0.29) is 0 Å². The predicted octanol–water partition coefficient (Wildman–Crippen LogP) is 20.7. The van der Waals surface area contributed by atoms with Gasteiger partial charge in [-0.1, -0.05) is 159 Å². The van der Waals surface area contributed by atoms with Crippen molar-refractivity contribution in [2.24, 2.45) is 0 Å². The van der Waals surface area contributed by atoms with Gasteiger partial charge in [-0.2, -0.15) is 0 Å². The van der Waals surface area contributed by atoms with Crippen LogP contribution in [0.1, 0.15) is 202 Å². The van der Waals surface area contributed by atoms with Gasteiger partial charge in [-0.05, 0) is 172 Å². The number of rotatable bonds is 20. The fourth-order valence-corrected chi connectivity index (χ4v) is 13.3. The Labute approximate surface area is 524 Å². The number of aromatic amines is 2. The van der Waals surface area contributed by atoms with E-state index in [1.54, 1.807) is 0 Å². The van der Waals surface area contributed by atoms with Gasteiger partial charge in [0.25, 0.3) is 0 Å². The summed E-state index contributed by atoms with van der Waals surface area (Å²) < 4.78 is 38.4. The molecule has 0 spiro atoms. The number of H-pyrrole nitrogens is 2. The fourth-order valence-electron chi connectivity index (χ4n) is 13.3. The lowest BCUT2D eigenvalue weighted by Gasteiger charge is -2.16. The van der Waals surface area contributed by atoms with Crippen LogP contribution in [-0.4, -0.2) is 72.8 Å². The molecule has 0 saturated heterocycles. The number of fused-ring (bicyclic) bond motifs is 1. The molecule has 2 N–H and O–H groups in total. The molecule has 3 aromatic heterocycles. The summed E-state index contributed by atoms with van der Waals surface area (Å²) in [6.45, 7) is 21.7. The molecule has 4 aromatic carbocycles. The van der Waals surface area contributed by atoms with Crippen LogP contribution in [0.25, 0.3) is 77.4 Å². The van der Waals surface area contributed by atoms with Crippen LogP contribution in [0.4, 0.5) is 0 Å². The first-order valence-corrected chi connectivity index (χ1v) is 33.8. The van der Waals surface area contributed by atoms with Crippen molar-refractivity contribution in [3.63, 3.8) is 0 Å². The average molecular weight is 1190 g/mol. The van der Waals surface area contributed by atoms with Gasteiger partial charge < -0.3 is 38.4 Å². The lowest BCUT2D eigenvalue weighted by molar-refractivity contribution is 0.0765. The number of nitrogens with zero attached hydrogens (tertiary/aromatic N) is 2. The van der Waals surface area contributed by atoms with Crippen molar-refractivity contribution in [3.05, 3.63) is 142 Å². The van der Waals surface area contributed by atoms with Crippen molar-refractivity contribution < 1.29 is 28.4 Å². The third-order valence-corrected chi connectivity index (χ3v) is 18.3. The molecule has 0 radical (unpaired) electrons. The van der Waals surface area contributed by atoms with E-state index in [9.17, 15) is 0 Å². The van der Waals surface area contributed by atoms with Gasteiger partial charge in [-0.25, -0.2) is 9.97 Å². The van der Waals surface area contributed by atoms with E-state index in [0.717, 1.165) is 152 Å². The molecule has 0 atom stereocenters. The van der Waals surface area contributed by atoms with E-state index in [0.29, 0.717) is 52.9 Å². The van der Waals surface area contributed by atoms with Gasteiger partial charge in [0, 0.05) is 38.5 Å². The number of aromatic nitrogens is 4. The van der Waals surface area contributed by atoms with Crippen LogP contribution in [0.5, 0.6) is 23.0 Å². The molecule has 8 heterocycles. The minimum Gasteiger partial charge on any atom is -0.491 e. The first-order chi connectivity index (χ1) is 43.2. The first kappa shape index (κ1) is 63.9. The summed E-state index contributed by atoms with van der Waals surface area (Å²) in [6.07, 6.45) is 22.5. The Bertz CT molecular complexity index is 3580. The zero-order valence-electron chi connectivity index (χ0n) is 54.4. The van der Waals surface area contributed by atoms with E-state index < -0.39 is 0 Å². The summed E-state index contributed by atoms with van der Waals surface area (Å²) in [6, 6.07) is 34.3. The van der Waals surface area contributed by atoms with Gasteiger partial charge in [0.2, 0.25) is 0 Å². The molecular weight excluding hydrogens is 1090 g/mol. The zero-order valence-corrected chi connectivity index (χ0v) is 54.4. The topological polar surface area (TPSA) is 113 Å². The first-order valence-electron chi connectivity index (χ1n) is 33.8. The lowest BCUT2D eigenvalue weighted by atomic mass is 9.91. The number of unbranched alkanes of at least 4 members (excludes halogenated alkanes) is 12.